The Balaban J connectivity index is 1.35. The lowest BCUT2D eigenvalue weighted by Gasteiger charge is -2.28. The molecule has 0 amide bonds. The average Bonchev–Trinajstić information content (AvgIpc) is 3.69. The highest BCUT2D eigenvalue weighted by atomic mass is 16.5. The molecule has 34 heavy (non-hydrogen) atoms. The lowest BCUT2D eigenvalue weighted by atomic mass is 10.1. The maximum atomic E-state index is 12.7. The van der Waals surface area contributed by atoms with E-state index in [2.05, 4.69) is 37.6 Å². The van der Waals surface area contributed by atoms with Crippen molar-refractivity contribution in [3.63, 3.8) is 0 Å². The number of rotatable bonds is 6. The molecule has 172 valence electrons. The summed E-state index contributed by atoms with van der Waals surface area (Å²) >= 11 is 0. The highest BCUT2D eigenvalue weighted by Crippen LogP contribution is 2.29. The summed E-state index contributed by atoms with van der Waals surface area (Å²) in [6.45, 7) is 3.25. The van der Waals surface area contributed by atoms with E-state index in [1.807, 2.05) is 24.3 Å². The Morgan fingerprint density at radius 3 is 2.62 bits per heavy atom. The fourth-order valence-corrected chi connectivity index (χ4v) is 4.15. The number of aromatic nitrogens is 4. The molecule has 4 aromatic rings. The third-order valence-corrected chi connectivity index (χ3v) is 6.09. The molecule has 9 nitrogen and oxygen atoms in total. The van der Waals surface area contributed by atoms with E-state index in [9.17, 15) is 4.79 Å². The maximum Gasteiger partial charge on any atom is 0.259 e. The largest absolute Gasteiger partial charge is 0.378 e. The Morgan fingerprint density at radius 2 is 1.82 bits per heavy atom. The van der Waals surface area contributed by atoms with Crippen LogP contribution in [0.5, 0.6) is 0 Å². The van der Waals surface area contributed by atoms with Crippen molar-refractivity contribution in [1.82, 2.24) is 19.9 Å². The first-order chi connectivity index (χ1) is 16.7. The van der Waals surface area contributed by atoms with E-state index in [0.717, 1.165) is 61.7 Å². The van der Waals surface area contributed by atoms with Gasteiger partial charge in [0.1, 0.15) is 17.3 Å². The Bertz CT molecular complexity index is 1380. The molecular weight excluding hydrogens is 430 g/mol. The standard InChI is InChI=1S/C25H25N7O2/c33-25-23-16(7-8-27-25)13-20(21-14-26-15-22(30-21)28-17-1-2-17)31-24(23)29-18-3-5-19(6-4-18)32-9-11-34-12-10-32/h3-8,13-15,17H,1-2,9-12H2,(H,27,33)(H,28,30)(H,29,31). The summed E-state index contributed by atoms with van der Waals surface area (Å²) in [5, 5.41) is 8.01. The topological polar surface area (TPSA) is 108 Å². The van der Waals surface area contributed by atoms with Crippen LogP contribution in [0.3, 0.4) is 0 Å². The van der Waals surface area contributed by atoms with Gasteiger partial charge in [0.2, 0.25) is 0 Å². The second-order valence-corrected chi connectivity index (χ2v) is 8.61. The van der Waals surface area contributed by atoms with Gasteiger partial charge in [0.15, 0.2) is 0 Å². The number of hydrogen-bond acceptors (Lipinski definition) is 8. The van der Waals surface area contributed by atoms with Crippen molar-refractivity contribution in [1.29, 1.82) is 0 Å². The maximum absolute atomic E-state index is 12.7. The zero-order valence-corrected chi connectivity index (χ0v) is 18.6. The molecule has 0 spiro atoms. The van der Waals surface area contributed by atoms with E-state index < -0.39 is 0 Å². The van der Waals surface area contributed by atoms with Crippen molar-refractivity contribution in [2.45, 2.75) is 18.9 Å². The first kappa shape index (κ1) is 20.6. The van der Waals surface area contributed by atoms with Crippen molar-refractivity contribution >= 4 is 33.8 Å². The Hall–Kier alpha value is -3.98. The summed E-state index contributed by atoms with van der Waals surface area (Å²) in [5.41, 5.74) is 3.10. The number of fused-ring (bicyclic) bond motifs is 1. The number of nitrogens with one attached hydrogen (secondary N) is 3. The Morgan fingerprint density at radius 1 is 1.00 bits per heavy atom. The van der Waals surface area contributed by atoms with Gasteiger partial charge >= 0.3 is 0 Å². The van der Waals surface area contributed by atoms with Crippen LogP contribution in [0.2, 0.25) is 0 Å². The molecule has 2 aliphatic rings. The molecule has 4 heterocycles. The monoisotopic (exact) mass is 455 g/mol. The van der Waals surface area contributed by atoms with Crippen LogP contribution in [0.25, 0.3) is 22.2 Å². The Labute approximate surface area is 196 Å². The lowest BCUT2D eigenvalue weighted by Crippen LogP contribution is -2.36. The van der Waals surface area contributed by atoms with Crippen LogP contribution in [0.4, 0.5) is 23.0 Å². The van der Waals surface area contributed by atoms with E-state index in [4.69, 9.17) is 14.7 Å². The Kier molecular flexibility index (Phi) is 5.31. The van der Waals surface area contributed by atoms with E-state index in [-0.39, 0.29) is 5.56 Å². The third-order valence-electron chi connectivity index (χ3n) is 6.09. The molecule has 2 fully saturated rings. The van der Waals surface area contributed by atoms with Crippen LogP contribution in [0, 0.1) is 0 Å². The second-order valence-electron chi connectivity index (χ2n) is 8.61. The molecule has 0 unspecified atom stereocenters. The van der Waals surface area contributed by atoms with E-state index in [1.165, 1.54) is 0 Å². The SMILES string of the molecule is O=c1[nH]ccc2cc(-c3cncc(NC4CC4)n3)nc(Nc3ccc(N4CCOCC4)cc3)c12. The van der Waals surface area contributed by atoms with Gasteiger partial charge in [0.25, 0.3) is 5.56 Å². The summed E-state index contributed by atoms with van der Waals surface area (Å²) in [6.07, 6.45) is 7.37. The number of H-pyrrole nitrogens is 1. The number of ether oxygens (including phenoxy) is 1. The zero-order chi connectivity index (χ0) is 22.9. The van der Waals surface area contributed by atoms with Crippen LogP contribution in [-0.2, 0) is 4.74 Å². The van der Waals surface area contributed by atoms with Crippen molar-refractivity contribution < 1.29 is 4.74 Å². The molecule has 3 aromatic heterocycles. The number of nitrogens with zero attached hydrogens (tertiary/aromatic N) is 4. The summed E-state index contributed by atoms with van der Waals surface area (Å²) < 4.78 is 5.44. The normalized spacial score (nSPS) is 15.9. The van der Waals surface area contributed by atoms with Gasteiger partial charge in [-0.2, -0.15) is 0 Å². The van der Waals surface area contributed by atoms with Crippen LogP contribution in [0.15, 0.2) is 59.8 Å². The van der Waals surface area contributed by atoms with E-state index >= 15 is 0 Å². The summed E-state index contributed by atoms with van der Waals surface area (Å²) in [7, 11) is 0. The molecule has 1 saturated heterocycles. The number of aromatic amines is 1. The molecule has 0 atom stereocenters. The van der Waals surface area contributed by atoms with Gasteiger partial charge in [-0.05, 0) is 54.6 Å². The summed E-state index contributed by atoms with van der Waals surface area (Å²) in [6, 6.07) is 12.4. The van der Waals surface area contributed by atoms with Gasteiger partial charge in [-0.15, -0.1) is 0 Å². The number of benzene rings is 1. The van der Waals surface area contributed by atoms with Crippen molar-refractivity contribution in [2.24, 2.45) is 0 Å². The molecule has 9 heteroatoms. The molecule has 0 bridgehead atoms. The highest BCUT2D eigenvalue weighted by molar-refractivity contribution is 5.95. The number of anilines is 4. The van der Waals surface area contributed by atoms with Gasteiger partial charge in [-0.3, -0.25) is 9.78 Å². The van der Waals surface area contributed by atoms with Crippen molar-refractivity contribution in [3.8, 4) is 11.4 Å². The van der Waals surface area contributed by atoms with Crippen LogP contribution in [0.1, 0.15) is 12.8 Å². The molecule has 1 saturated carbocycles. The molecule has 6 rings (SSSR count). The van der Waals surface area contributed by atoms with Gasteiger partial charge in [0.05, 0.1) is 36.7 Å². The predicted molar refractivity (Wildman–Crippen MR) is 133 cm³/mol. The second kappa shape index (κ2) is 8.75. The smallest absolute Gasteiger partial charge is 0.259 e. The first-order valence-electron chi connectivity index (χ1n) is 11.5. The number of hydrogen-bond donors (Lipinski definition) is 3. The predicted octanol–water partition coefficient (Wildman–Crippen LogP) is 3.53. The fraction of sp³-hybridized carbons (Fsp3) is 0.280. The summed E-state index contributed by atoms with van der Waals surface area (Å²) in [4.78, 5) is 31.6. The van der Waals surface area contributed by atoms with Gasteiger partial charge < -0.3 is 25.3 Å². The zero-order valence-electron chi connectivity index (χ0n) is 18.6. The molecule has 1 aliphatic heterocycles. The van der Waals surface area contributed by atoms with E-state index in [1.54, 1.807) is 18.6 Å². The fourth-order valence-electron chi connectivity index (χ4n) is 4.15. The molecule has 1 aromatic carbocycles. The molecule has 1 aliphatic carbocycles. The minimum absolute atomic E-state index is 0.195. The lowest BCUT2D eigenvalue weighted by molar-refractivity contribution is 0.122. The third kappa shape index (κ3) is 4.29. The quantitative estimate of drug-likeness (QED) is 0.405. The molecule has 3 N–H and O–H groups in total. The average molecular weight is 456 g/mol. The minimum Gasteiger partial charge on any atom is -0.378 e. The molecule has 0 radical (unpaired) electrons. The van der Waals surface area contributed by atoms with Crippen molar-refractivity contribution in [3.05, 3.63) is 65.3 Å². The van der Waals surface area contributed by atoms with Crippen LogP contribution < -0.4 is 21.1 Å². The van der Waals surface area contributed by atoms with Gasteiger partial charge in [-0.25, -0.2) is 9.97 Å². The van der Waals surface area contributed by atoms with Crippen molar-refractivity contribution in [2.75, 3.05) is 41.8 Å². The van der Waals surface area contributed by atoms with Crippen LogP contribution >= 0.6 is 0 Å². The number of pyridine rings is 2. The summed E-state index contributed by atoms with van der Waals surface area (Å²) in [5.74, 6) is 1.22. The molecular formula is C25H25N7O2. The minimum atomic E-state index is -0.195. The van der Waals surface area contributed by atoms with Gasteiger partial charge in [0, 0.05) is 36.7 Å². The van der Waals surface area contributed by atoms with Crippen LogP contribution in [-0.4, -0.2) is 52.3 Å². The number of morpholine rings is 1. The first-order valence-corrected chi connectivity index (χ1v) is 11.5. The van der Waals surface area contributed by atoms with Gasteiger partial charge in [-0.1, -0.05) is 0 Å². The highest BCUT2D eigenvalue weighted by Gasteiger charge is 2.22. The van der Waals surface area contributed by atoms with E-state index in [0.29, 0.717) is 28.6 Å².